The van der Waals surface area contributed by atoms with E-state index in [1.165, 1.54) is 0 Å². The molecule has 1 aliphatic heterocycles. The van der Waals surface area contributed by atoms with E-state index in [4.69, 9.17) is 19.2 Å². The van der Waals surface area contributed by atoms with E-state index in [1.54, 1.807) is 26.4 Å². The van der Waals surface area contributed by atoms with Crippen molar-refractivity contribution in [2.75, 3.05) is 20.8 Å². The number of rotatable bonds is 7. The molecule has 2 aromatic rings. The quantitative estimate of drug-likeness (QED) is 0.577. The molecular weight excluding hydrogens is 418 g/mol. The van der Waals surface area contributed by atoms with Crippen molar-refractivity contribution in [1.82, 2.24) is 0 Å². The molecule has 172 valence electrons. The summed E-state index contributed by atoms with van der Waals surface area (Å²) in [5.74, 6) is -0.147. The monoisotopic (exact) mass is 447 g/mol. The molecule has 1 aliphatic carbocycles. The zero-order valence-electron chi connectivity index (χ0n) is 19.3. The van der Waals surface area contributed by atoms with Crippen molar-refractivity contribution in [3.05, 3.63) is 70.9 Å². The zero-order valence-corrected chi connectivity index (χ0v) is 19.3. The molecule has 2 atom stereocenters. The van der Waals surface area contributed by atoms with Gasteiger partial charge in [-0.15, -0.1) is 0 Å². The molecule has 0 spiro atoms. The lowest BCUT2D eigenvalue weighted by Gasteiger charge is -2.36. The highest BCUT2D eigenvalue weighted by Gasteiger charge is 2.45. The van der Waals surface area contributed by atoms with Gasteiger partial charge in [0.2, 0.25) is 0 Å². The fourth-order valence-electron chi connectivity index (χ4n) is 4.79. The van der Waals surface area contributed by atoms with Crippen LogP contribution in [-0.4, -0.2) is 38.3 Å². The number of Topliss-reactive ketones (excluding diaryl/α,β-unsaturated/α-hetero) is 1. The van der Waals surface area contributed by atoms with Crippen molar-refractivity contribution >= 4 is 17.5 Å². The maximum absolute atomic E-state index is 13.4. The number of carbonyl (C=O) groups is 2. The molecule has 1 fully saturated rings. The van der Waals surface area contributed by atoms with Gasteiger partial charge >= 0.3 is 5.97 Å². The summed E-state index contributed by atoms with van der Waals surface area (Å²) in [5, 5.41) is 0. The van der Waals surface area contributed by atoms with Crippen LogP contribution in [0.25, 0.3) is 0 Å². The Balaban J connectivity index is 1.71. The normalized spacial score (nSPS) is 20.1. The molecular formula is C27H29NO5. The van der Waals surface area contributed by atoms with E-state index in [0.29, 0.717) is 35.6 Å². The molecule has 0 radical (unpaired) electrons. The number of nitrogens with zero attached hydrogens (tertiary/aromatic N) is 1. The zero-order chi connectivity index (χ0) is 23.4. The van der Waals surface area contributed by atoms with E-state index in [9.17, 15) is 9.59 Å². The number of carbonyl (C=O) groups excluding carboxylic acids is 2. The minimum Gasteiger partial charge on any atom is -0.497 e. The Morgan fingerprint density at radius 3 is 2.55 bits per heavy atom. The summed E-state index contributed by atoms with van der Waals surface area (Å²) in [5.41, 5.74) is 3.67. The highest BCUT2D eigenvalue weighted by atomic mass is 16.5. The first-order valence-electron chi connectivity index (χ1n) is 11.3. The average Bonchev–Trinajstić information content (AvgIpc) is 2.83. The Kier molecular flexibility index (Phi) is 6.92. The van der Waals surface area contributed by atoms with Gasteiger partial charge in [-0.1, -0.05) is 30.3 Å². The second kappa shape index (κ2) is 10.0. The third-order valence-electron chi connectivity index (χ3n) is 6.37. The van der Waals surface area contributed by atoms with E-state index in [1.807, 2.05) is 43.3 Å². The summed E-state index contributed by atoms with van der Waals surface area (Å²) in [6, 6.07) is 15.3. The van der Waals surface area contributed by atoms with Crippen LogP contribution in [0.4, 0.5) is 0 Å². The number of allylic oxidation sites excluding steroid dienone is 1. The van der Waals surface area contributed by atoms with Crippen molar-refractivity contribution in [1.29, 1.82) is 0 Å². The van der Waals surface area contributed by atoms with Crippen LogP contribution < -0.4 is 9.47 Å². The number of aliphatic imine (C=N–C) groups is 1. The standard InChI is InChI=1S/C27H29NO5/c1-17-24(27(30)33-15-14-18-8-5-4-6-9-18)25(26-21(28-17)10-7-11-22(26)29)20-16-19(31-2)12-13-23(20)32-3/h4-6,8-9,12-13,16,25-26H,7,10-11,14-15H2,1-3H3. The topological polar surface area (TPSA) is 74.2 Å². The molecule has 2 unspecified atom stereocenters. The summed E-state index contributed by atoms with van der Waals surface area (Å²) in [4.78, 5) is 31.2. The van der Waals surface area contributed by atoms with E-state index in [0.717, 1.165) is 29.7 Å². The van der Waals surface area contributed by atoms with Crippen molar-refractivity contribution in [3.63, 3.8) is 0 Å². The molecule has 0 N–H and O–H groups in total. The molecule has 6 heteroatoms. The van der Waals surface area contributed by atoms with Crippen LogP contribution in [0, 0.1) is 5.92 Å². The second-order valence-corrected chi connectivity index (χ2v) is 8.36. The molecule has 0 aromatic heterocycles. The van der Waals surface area contributed by atoms with Gasteiger partial charge < -0.3 is 14.2 Å². The van der Waals surface area contributed by atoms with Crippen molar-refractivity contribution < 1.29 is 23.8 Å². The number of hydrogen-bond acceptors (Lipinski definition) is 6. The first-order chi connectivity index (χ1) is 16.0. The molecule has 6 nitrogen and oxygen atoms in total. The molecule has 0 bridgehead atoms. The maximum atomic E-state index is 13.4. The van der Waals surface area contributed by atoms with Gasteiger partial charge in [0.05, 0.1) is 32.3 Å². The molecule has 33 heavy (non-hydrogen) atoms. The first kappa shape index (κ1) is 22.8. The lowest BCUT2D eigenvalue weighted by molar-refractivity contribution is -0.139. The first-order valence-corrected chi connectivity index (χ1v) is 11.3. The predicted octanol–water partition coefficient (Wildman–Crippen LogP) is 4.67. The van der Waals surface area contributed by atoms with Crippen LogP contribution in [0.15, 0.2) is 64.8 Å². The number of ketones is 1. The van der Waals surface area contributed by atoms with Crippen molar-refractivity contribution in [2.24, 2.45) is 10.9 Å². The molecule has 0 amide bonds. The lowest BCUT2D eigenvalue weighted by atomic mass is 9.69. The minimum absolute atomic E-state index is 0.0944. The van der Waals surface area contributed by atoms with Crippen LogP contribution in [0.3, 0.4) is 0 Å². The van der Waals surface area contributed by atoms with E-state index in [-0.39, 0.29) is 12.4 Å². The average molecular weight is 448 g/mol. The fourth-order valence-corrected chi connectivity index (χ4v) is 4.79. The molecule has 4 rings (SSSR count). The van der Waals surface area contributed by atoms with Gasteiger partial charge in [-0.25, -0.2) is 4.79 Å². The van der Waals surface area contributed by atoms with Gasteiger partial charge in [0.15, 0.2) is 0 Å². The Hall–Kier alpha value is -3.41. The van der Waals surface area contributed by atoms with Crippen molar-refractivity contribution in [2.45, 2.75) is 38.5 Å². The third-order valence-corrected chi connectivity index (χ3v) is 6.37. The van der Waals surface area contributed by atoms with Crippen LogP contribution in [0.2, 0.25) is 0 Å². The van der Waals surface area contributed by atoms with E-state index >= 15 is 0 Å². The molecule has 0 saturated heterocycles. The molecule has 2 aromatic carbocycles. The number of fused-ring (bicyclic) bond motifs is 1. The van der Waals surface area contributed by atoms with Crippen LogP contribution in [-0.2, 0) is 20.7 Å². The summed E-state index contributed by atoms with van der Waals surface area (Å²) in [7, 11) is 3.17. The highest BCUT2D eigenvalue weighted by molar-refractivity contribution is 6.11. The van der Waals surface area contributed by atoms with Gasteiger partial charge in [-0.05, 0) is 43.5 Å². The number of hydrogen-bond donors (Lipinski definition) is 0. The SMILES string of the molecule is COc1ccc(OC)c(C2C(C(=O)OCCc3ccccc3)=C(C)N=C3CCCC(=O)C32)c1. The number of esters is 1. The van der Waals surface area contributed by atoms with Crippen molar-refractivity contribution in [3.8, 4) is 11.5 Å². The van der Waals surface area contributed by atoms with E-state index in [2.05, 4.69) is 0 Å². The van der Waals surface area contributed by atoms with E-state index < -0.39 is 17.8 Å². The lowest BCUT2D eigenvalue weighted by Crippen LogP contribution is -2.39. The molecule has 1 saturated carbocycles. The van der Waals surface area contributed by atoms with Gasteiger partial charge in [0, 0.05) is 35.7 Å². The Bertz CT molecular complexity index is 1100. The van der Waals surface area contributed by atoms with Gasteiger partial charge in [0.1, 0.15) is 17.3 Å². The Labute approximate surface area is 194 Å². The summed E-state index contributed by atoms with van der Waals surface area (Å²) in [6.45, 7) is 2.06. The largest absolute Gasteiger partial charge is 0.497 e. The number of benzene rings is 2. The third kappa shape index (κ3) is 4.70. The Morgan fingerprint density at radius 2 is 1.82 bits per heavy atom. The molecule has 2 aliphatic rings. The van der Waals surface area contributed by atoms with Gasteiger partial charge in [-0.3, -0.25) is 9.79 Å². The molecule has 1 heterocycles. The van der Waals surface area contributed by atoms with Crippen LogP contribution in [0.1, 0.15) is 43.2 Å². The Morgan fingerprint density at radius 1 is 1.03 bits per heavy atom. The number of methoxy groups -OCH3 is 2. The predicted molar refractivity (Wildman–Crippen MR) is 126 cm³/mol. The minimum atomic E-state index is -0.528. The number of ether oxygens (including phenoxy) is 3. The summed E-state index contributed by atoms with van der Waals surface area (Å²) < 4.78 is 16.8. The second-order valence-electron chi connectivity index (χ2n) is 8.36. The van der Waals surface area contributed by atoms with Crippen LogP contribution in [0.5, 0.6) is 11.5 Å². The highest BCUT2D eigenvalue weighted by Crippen LogP contribution is 2.46. The smallest absolute Gasteiger partial charge is 0.336 e. The summed E-state index contributed by atoms with van der Waals surface area (Å²) >= 11 is 0. The van der Waals surface area contributed by atoms with Crippen LogP contribution >= 0.6 is 0 Å². The summed E-state index contributed by atoms with van der Waals surface area (Å²) in [6.07, 6.45) is 2.61. The fraction of sp³-hybridized carbons (Fsp3) is 0.370. The van der Waals surface area contributed by atoms with Gasteiger partial charge in [0.25, 0.3) is 0 Å². The maximum Gasteiger partial charge on any atom is 0.336 e. The van der Waals surface area contributed by atoms with Gasteiger partial charge in [-0.2, -0.15) is 0 Å².